The van der Waals surface area contributed by atoms with Gasteiger partial charge in [0, 0.05) is 12.7 Å². The number of anilines is 2. The van der Waals surface area contributed by atoms with Gasteiger partial charge in [-0.15, -0.1) is 0 Å². The van der Waals surface area contributed by atoms with Crippen LogP contribution in [0.4, 0.5) is 11.5 Å². The van der Waals surface area contributed by atoms with Crippen LogP contribution in [0.5, 0.6) is 0 Å². The second kappa shape index (κ2) is 3.72. The van der Waals surface area contributed by atoms with Crippen LogP contribution in [0.15, 0.2) is 12.3 Å². The number of aryl methyl sites for hydroxylation is 1. The molecule has 3 nitrogen and oxygen atoms in total. The van der Waals surface area contributed by atoms with Crippen molar-refractivity contribution >= 4 is 11.5 Å². The lowest BCUT2D eigenvalue weighted by molar-refractivity contribution is 0.449. The highest BCUT2D eigenvalue weighted by Gasteiger charge is 2.30. The number of pyridine rings is 1. The first-order valence-corrected chi connectivity index (χ1v) is 5.68. The normalized spacial score (nSPS) is 17.5. The molecule has 0 aliphatic carbocycles. The van der Waals surface area contributed by atoms with E-state index >= 15 is 0 Å². The molecular weight excluding hydrogens is 186 g/mol. The molecule has 0 spiro atoms. The van der Waals surface area contributed by atoms with E-state index in [0.717, 1.165) is 30.9 Å². The fourth-order valence-corrected chi connectivity index (χ4v) is 2.04. The number of hydrogen-bond donors (Lipinski definition) is 2. The Hall–Kier alpha value is -1.25. The quantitative estimate of drug-likeness (QED) is 0.779. The molecule has 1 aromatic heterocycles. The van der Waals surface area contributed by atoms with Crippen LogP contribution in [0.1, 0.15) is 32.3 Å². The zero-order valence-electron chi connectivity index (χ0n) is 9.72. The van der Waals surface area contributed by atoms with Crippen LogP contribution in [0, 0.1) is 6.92 Å². The number of fused-ring (bicyclic) bond motifs is 1. The van der Waals surface area contributed by atoms with Gasteiger partial charge in [0.15, 0.2) is 0 Å². The molecule has 0 aromatic carbocycles. The van der Waals surface area contributed by atoms with E-state index in [9.17, 15) is 0 Å². The molecule has 0 saturated carbocycles. The summed E-state index contributed by atoms with van der Waals surface area (Å²) in [5.41, 5.74) is 2.51. The van der Waals surface area contributed by atoms with Crippen molar-refractivity contribution in [3.8, 4) is 0 Å². The van der Waals surface area contributed by atoms with Crippen LogP contribution in [0.3, 0.4) is 0 Å². The highest BCUT2D eigenvalue weighted by Crippen LogP contribution is 2.31. The topological polar surface area (TPSA) is 37.0 Å². The van der Waals surface area contributed by atoms with Gasteiger partial charge in [0.2, 0.25) is 0 Å². The Morgan fingerprint density at radius 2 is 2.13 bits per heavy atom. The van der Waals surface area contributed by atoms with Crippen molar-refractivity contribution in [1.82, 2.24) is 4.98 Å². The molecule has 0 amide bonds. The van der Waals surface area contributed by atoms with E-state index in [4.69, 9.17) is 0 Å². The SMILES string of the molecule is CCC1(CC)CNc2cc(C)cnc2N1. The molecule has 0 radical (unpaired) electrons. The van der Waals surface area contributed by atoms with Gasteiger partial charge in [-0.3, -0.25) is 0 Å². The average Bonchev–Trinajstić information content (AvgIpc) is 2.28. The van der Waals surface area contributed by atoms with Crippen LogP contribution in [-0.4, -0.2) is 17.1 Å². The van der Waals surface area contributed by atoms with Crippen LogP contribution >= 0.6 is 0 Å². The predicted octanol–water partition coefficient (Wildman–Crippen LogP) is 2.79. The maximum atomic E-state index is 4.44. The zero-order chi connectivity index (χ0) is 10.9. The number of hydrogen-bond acceptors (Lipinski definition) is 3. The van der Waals surface area contributed by atoms with E-state index in [1.807, 2.05) is 6.20 Å². The first-order chi connectivity index (χ1) is 7.19. The molecule has 2 heterocycles. The maximum Gasteiger partial charge on any atom is 0.149 e. The summed E-state index contributed by atoms with van der Waals surface area (Å²) in [6.07, 6.45) is 4.14. The Labute approximate surface area is 91.3 Å². The zero-order valence-corrected chi connectivity index (χ0v) is 9.72. The number of aromatic nitrogens is 1. The molecule has 1 aliphatic rings. The average molecular weight is 205 g/mol. The van der Waals surface area contributed by atoms with Gasteiger partial charge in [-0.2, -0.15) is 0 Å². The van der Waals surface area contributed by atoms with Crippen LogP contribution in [-0.2, 0) is 0 Å². The molecule has 15 heavy (non-hydrogen) atoms. The summed E-state index contributed by atoms with van der Waals surface area (Å²) in [5, 5.41) is 7.03. The summed E-state index contributed by atoms with van der Waals surface area (Å²) in [5.74, 6) is 0.996. The standard InChI is InChI=1S/C12H19N3/c1-4-12(5-2)8-14-10-6-9(3)7-13-11(10)15-12/h6-7,14H,4-5,8H2,1-3H3,(H,13,15). The van der Waals surface area contributed by atoms with Crippen LogP contribution < -0.4 is 10.6 Å². The van der Waals surface area contributed by atoms with Crippen molar-refractivity contribution in [2.75, 3.05) is 17.2 Å². The van der Waals surface area contributed by atoms with Gasteiger partial charge in [-0.1, -0.05) is 13.8 Å². The Balaban J connectivity index is 2.30. The van der Waals surface area contributed by atoms with E-state index in [0.29, 0.717) is 0 Å². The third kappa shape index (κ3) is 1.78. The summed E-state index contributed by atoms with van der Waals surface area (Å²) in [6.45, 7) is 7.49. The van der Waals surface area contributed by atoms with E-state index < -0.39 is 0 Å². The number of rotatable bonds is 2. The highest BCUT2D eigenvalue weighted by molar-refractivity contribution is 5.68. The van der Waals surface area contributed by atoms with Crippen molar-refractivity contribution in [2.24, 2.45) is 0 Å². The summed E-state index contributed by atoms with van der Waals surface area (Å²) in [7, 11) is 0. The minimum Gasteiger partial charge on any atom is -0.380 e. The molecule has 0 fully saturated rings. The van der Waals surface area contributed by atoms with Gasteiger partial charge >= 0.3 is 0 Å². The third-order valence-corrected chi connectivity index (χ3v) is 3.38. The van der Waals surface area contributed by atoms with Crippen molar-refractivity contribution in [3.63, 3.8) is 0 Å². The molecule has 0 unspecified atom stereocenters. The number of nitrogens with zero attached hydrogens (tertiary/aromatic N) is 1. The summed E-state index contributed by atoms with van der Waals surface area (Å²) in [6, 6.07) is 2.14. The number of nitrogens with one attached hydrogen (secondary N) is 2. The Morgan fingerprint density at radius 1 is 1.40 bits per heavy atom. The molecule has 2 N–H and O–H groups in total. The first kappa shape index (κ1) is 10.3. The fourth-order valence-electron chi connectivity index (χ4n) is 2.04. The maximum absolute atomic E-state index is 4.44. The lowest BCUT2D eigenvalue weighted by atomic mass is 9.91. The second-order valence-corrected chi connectivity index (χ2v) is 4.37. The van der Waals surface area contributed by atoms with Crippen molar-refractivity contribution in [2.45, 2.75) is 39.2 Å². The van der Waals surface area contributed by atoms with Crippen LogP contribution in [0.25, 0.3) is 0 Å². The molecular formula is C12H19N3. The van der Waals surface area contributed by atoms with Gasteiger partial charge in [-0.05, 0) is 31.4 Å². The molecule has 2 rings (SSSR count). The smallest absolute Gasteiger partial charge is 0.149 e. The summed E-state index contributed by atoms with van der Waals surface area (Å²) in [4.78, 5) is 4.44. The van der Waals surface area contributed by atoms with Crippen molar-refractivity contribution in [1.29, 1.82) is 0 Å². The molecule has 1 aromatic rings. The minimum atomic E-state index is 0.176. The molecule has 0 bridgehead atoms. The van der Waals surface area contributed by atoms with Crippen molar-refractivity contribution < 1.29 is 0 Å². The molecule has 3 heteroatoms. The summed E-state index contributed by atoms with van der Waals surface area (Å²) >= 11 is 0. The van der Waals surface area contributed by atoms with E-state index in [-0.39, 0.29) is 5.54 Å². The summed E-state index contributed by atoms with van der Waals surface area (Å²) < 4.78 is 0. The van der Waals surface area contributed by atoms with E-state index in [1.165, 1.54) is 5.56 Å². The molecule has 82 valence electrons. The molecule has 0 saturated heterocycles. The van der Waals surface area contributed by atoms with Gasteiger partial charge in [0.05, 0.1) is 11.2 Å². The van der Waals surface area contributed by atoms with Gasteiger partial charge in [0.1, 0.15) is 5.82 Å². The largest absolute Gasteiger partial charge is 0.380 e. The van der Waals surface area contributed by atoms with Gasteiger partial charge in [-0.25, -0.2) is 4.98 Å². The highest BCUT2D eigenvalue weighted by atomic mass is 15.2. The minimum absolute atomic E-state index is 0.176. The predicted molar refractivity (Wildman–Crippen MR) is 64.4 cm³/mol. The Kier molecular flexibility index (Phi) is 2.55. The third-order valence-electron chi connectivity index (χ3n) is 3.38. The van der Waals surface area contributed by atoms with Gasteiger partial charge in [0.25, 0.3) is 0 Å². The van der Waals surface area contributed by atoms with Gasteiger partial charge < -0.3 is 10.6 Å². The molecule has 1 aliphatic heterocycles. The second-order valence-electron chi connectivity index (χ2n) is 4.37. The fraction of sp³-hybridized carbons (Fsp3) is 0.583. The monoisotopic (exact) mass is 205 g/mol. The molecule has 0 atom stereocenters. The Bertz CT molecular complexity index is 356. The van der Waals surface area contributed by atoms with Crippen LogP contribution in [0.2, 0.25) is 0 Å². The lowest BCUT2D eigenvalue weighted by Gasteiger charge is -2.38. The lowest BCUT2D eigenvalue weighted by Crippen LogP contribution is -2.47. The Morgan fingerprint density at radius 3 is 2.80 bits per heavy atom. The van der Waals surface area contributed by atoms with E-state index in [2.05, 4.69) is 42.5 Å². The van der Waals surface area contributed by atoms with E-state index in [1.54, 1.807) is 0 Å². The van der Waals surface area contributed by atoms with Crippen molar-refractivity contribution in [3.05, 3.63) is 17.8 Å². The first-order valence-electron chi connectivity index (χ1n) is 5.68.